The van der Waals surface area contributed by atoms with Crippen LogP contribution in [0.15, 0.2) is 48.5 Å². The summed E-state index contributed by atoms with van der Waals surface area (Å²) in [6.07, 6.45) is 3.97. The van der Waals surface area contributed by atoms with Crippen molar-refractivity contribution >= 4 is 5.97 Å². The van der Waals surface area contributed by atoms with Crippen LogP contribution in [0.1, 0.15) is 48.3 Å². The first-order valence-electron chi connectivity index (χ1n) is 8.47. The van der Waals surface area contributed by atoms with E-state index in [-0.39, 0.29) is 11.9 Å². The minimum atomic E-state index is -0.0730. The molecule has 0 saturated heterocycles. The first-order valence-corrected chi connectivity index (χ1v) is 8.47. The third-order valence-electron chi connectivity index (χ3n) is 4.85. The van der Waals surface area contributed by atoms with Crippen LogP contribution in [-0.4, -0.2) is 5.97 Å². The number of benzene rings is 2. The Morgan fingerprint density at radius 1 is 0.826 bits per heavy atom. The van der Waals surface area contributed by atoms with E-state index >= 15 is 0 Å². The van der Waals surface area contributed by atoms with Crippen molar-refractivity contribution in [3.05, 3.63) is 65.2 Å². The first kappa shape index (κ1) is 15.8. The maximum atomic E-state index is 12.3. The molecule has 0 bridgehead atoms. The topological polar surface area (TPSA) is 26.3 Å². The first-order chi connectivity index (χ1) is 11.1. The molecule has 0 heterocycles. The summed E-state index contributed by atoms with van der Waals surface area (Å²) in [5.41, 5.74) is 3.87. The molecule has 0 spiro atoms. The predicted octanol–water partition coefficient (Wildman–Crippen LogP) is 5.18. The van der Waals surface area contributed by atoms with Crippen LogP contribution in [0.2, 0.25) is 0 Å². The van der Waals surface area contributed by atoms with Crippen molar-refractivity contribution in [2.45, 2.75) is 45.4 Å². The molecule has 1 aliphatic rings. The second kappa shape index (κ2) is 6.99. The molecule has 1 fully saturated rings. The highest BCUT2D eigenvalue weighted by Gasteiger charge is 2.28. The lowest BCUT2D eigenvalue weighted by molar-refractivity contribution is -0.140. The van der Waals surface area contributed by atoms with Crippen LogP contribution in [0, 0.1) is 19.8 Å². The Balaban J connectivity index is 1.54. The molecule has 3 rings (SSSR count). The molecule has 0 N–H and O–H groups in total. The number of carbonyl (C=O) groups is 1. The smallest absolute Gasteiger partial charge is 0.314 e. The van der Waals surface area contributed by atoms with Gasteiger partial charge in [0.1, 0.15) is 5.75 Å². The van der Waals surface area contributed by atoms with Crippen LogP contribution < -0.4 is 4.74 Å². The van der Waals surface area contributed by atoms with Crippen LogP contribution in [0.5, 0.6) is 5.75 Å². The average Bonchev–Trinajstić information content (AvgIpc) is 2.58. The summed E-state index contributed by atoms with van der Waals surface area (Å²) in [6, 6.07) is 16.5. The summed E-state index contributed by atoms with van der Waals surface area (Å²) in [5, 5.41) is 0. The van der Waals surface area contributed by atoms with Crippen molar-refractivity contribution < 1.29 is 9.53 Å². The highest BCUT2D eigenvalue weighted by atomic mass is 16.5. The monoisotopic (exact) mass is 308 g/mol. The minimum Gasteiger partial charge on any atom is -0.426 e. The zero-order chi connectivity index (χ0) is 16.2. The van der Waals surface area contributed by atoms with E-state index in [0.717, 1.165) is 25.7 Å². The normalized spacial score (nSPS) is 21.0. The molecule has 120 valence electrons. The molecule has 2 aromatic carbocycles. The summed E-state index contributed by atoms with van der Waals surface area (Å²) in [6.45, 7) is 4.14. The molecule has 0 unspecified atom stereocenters. The van der Waals surface area contributed by atoms with Crippen molar-refractivity contribution in [3.8, 4) is 5.75 Å². The SMILES string of the molecule is Cc1ccc(OC(=O)C2CCC(c3ccc(C)cc3)CC2)cc1. The molecular formula is C21H24O2. The Morgan fingerprint density at radius 2 is 1.35 bits per heavy atom. The Bertz CT molecular complexity index is 647. The van der Waals surface area contributed by atoms with Crippen LogP contribution in [0.3, 0.4) is 0 Å². The largest absolute Gasteiger partial charge is 0.426 e. The van der Waals surface area contributed by atoms with Gasteiger partial charge in [0.05, 0.1) is 5.92 Å². The molecule has 2 nitrogen and oxygen atoms in total. The summed E-state index contributed by atoms with van der Waals surface area (Å²) < 4.78 is 5.53. The van der Waals surface area contributed by atoms with Gasteiger partial charge in [-0.15, -0.1) is 0 Å². The van der Waals surface area contributed by atoms with Crippen molar-refractivity contribution in [3.63, 3.8) is 0 Å². The van der Waals surface area contributed by atoms with E-state index in [2.05, 4.69) is 31.2 Å². The van der Waals surface area contributed by atoms with Crippen molar-refractivity contribution in [2.75, 3.05) is 0 Å². The highest BCUT2D eigenvalue weighted by molar-refractivity contribution is 5.75. The number of carbonyl (C=O) groups excluding carboxylic acids is 1. The van der Waals surface area contributed by atoms with E-state index in [9.17, 15) is 4.79 Å². The maximum Gasteiger partial charge on any atom is 0.314 e. The van der Waals surface area contributed by atoms with Gasteiger partial charge in [-0.1, -0.05) is 47.5 Å². The number of aryl methyl sites for hydroxylation is 2. The molecule has 0 radical (unpaired) electrons. The quantitative estimate of drug-likeness (QED) is 0.576. The fraction of sp³-hybridized carbons (Fsp3) is 0.381. The van der Waals surface area contributed by atoms with Gasteiger partial charge < -0.3 is 4.74 Å². The second-order valence-corrected chi connectivity index (χ2v) is 6.69. The summed E-state index contributed by atoms with van der Waals surface area (Å²) in [5.74, 6) is 1.20. The van der Waals surface area contributed by atoms with Gasteiger partial charge in [0.25, 0.3) is 0 Å². The highest BCUT2D eigenvalue weighted by Crippen LogP contribution is 2.36. The Kier molecular flexibility index (Phi) is 4.80. The van der Waals surface area contributed by atoms with Gasteiger partial charge in [-0.05, 0) is 63.1 Å². The number of hydrogen-bond donors (Lipinski definition) is 0. The standard InChI is InChI=1S/C21H24O2/c1-15-3-7-17(8-4-15)18-9-11-19(12-10-18)21(22)23-20-13-5-16(2)6-14-20/h3-8,13-14,18-19H,9-12H2,1-2H3. The lowest BCUT2D eigenvalue weighted by Gasteiger charge is -2.27. The molecule has 0 aromatic heterocycles. The van der Waals surface area contributed by atoms with Gasteiger partial charge in [-0.25, -0.2) is 0 Å². The van der Waals surface area contributed by atoms with Gasteiger partial charge >= 0.3 is 5.97 Å². The zero-order valence-electron chi connectivity index (χ0n) is 13.9. The average molecular weight is 308 g/mol. The van der Waals surface area contributed by atoms with E-state index in [0.29, 0.717) is 11.7 Å². The van der Waals surface area contributed by atoms with Crippen LogP contribution in [0.4, 0.5) is 0 Å². The van der Waals surface area contributed by atoms with Crippen molar-refractivity contribution in [2.24, 2.45) is 5.92 Å². The van der Waals surface area contributed by atoms with Crippen molar-refractivity contribution in [1.82, 2.24) is 0 Å². The molecule has 23 heavy (non-hydrogen) atoms. The molecule has 1 saturated carbocycles. The molecular weight excluding hydrogens is 284 g/mol. The lowest BCUT2D eigenvalue weighted by atomic mass is 9.78. The molecule has 0 aliphatic heterocycles. The summed E-state index contributed by atoms with van der Waals surface area (Å²) in [4.78, 5) is 12.3. The molecule has 2 heteroatoms. The van der Waals surface area contributed by atoms with Gasteiger partial charge in [0.2, 0.25) is 0 Å². The Hall–Kier alpha value is -2.09. The number of esters is 1. The Morgan fingerprint density at radius 3 is 1.91 bits per heavy atom. The number of ether oxygens (including phenoxy) is 1. The van der Waals surface area contributed by atoms with Gasteiger partial charge in [0.15, 0.2) is 0 Å². The number of rotatable bonds is 3. The fourth-order valence-electron chi connectivity index (χ4n) is 3.31. The van der Waals surface area contributed by atoms with Crippen molar-refractivity contribution in [1.29, 1.82) is 0 Å². The van der Waals surface area contributed by atoms with Gasteiger partial charge in [-0.3, -0.25) is 4.79 Å². The fourth-order valence-corrected chi connectivity index (χ4v) is 3.31. The van der Waals surface area contributed by atoms with Gasteiger partial charge in [0, 0.05) is 0 Å². The van der Waals surface area contributed by atoms with Crippen LogP contribution in [0.25, 0.3) is 0 Å². The van der Waals surface area contributed by atoms with E-state index < -0.39 is 0 Å². The lowest BCUT2D eigenvalue weighted by Crippen LogP contribution is -2.25. The number of hydrogen-bond acceptors (Lipinski definition) is 2. The molecule has 0 atom stereocenters. The van der Waals surface area contributed by atoms with E-state index in [4.69, 9.17) is 4.74 Å². The van der Waals surface area contributed by atoms with Crippen LogP contribution in [-0.2, 0) is 4.79 Å². The maximum absolute atomic E-state index is 12.3. The van der Waals surface area contributed by atoms with E-state index in [1.54, 1.807) is 0 Å². The minimum absolute atomic E-state index is 0.0398. The van der Waals surface area contributed by atoms with Crippen LogP contribution >= 0.6 is 0 Å². The molecule has 0 amide bonds. The molecule has 1 aliphatic carbocycles. The zero-order valence-corrected chi connectivity index (χ0v) is 13.9. The third-order valence-corrected chi connectivity index (χ3v) is 4.85. The second-order valence-electron chi connectivity index (χ2n) is 6.69. The van der Waals surface area contributed by atoms with E-state index in [1.165, 1.54) is 16.7 Å². The third kappa shape index (κ3) is 4.01. The summed E-state index contributed by atoms with van der Waals surface area (Å²) in [7, 11) is 0. The predicted molar refractivity (Wildman–Crippen MR) is 92.7 cm³/mol. The molecule has 2 aromatic rings. The summed E-state index contributed by atoms with van der Waals surface area (Å²) >= 11 is 0. The van der Waals surface area contributed by atoms with E-state index in [1.807, 2.05) is 31.2 Å². The van der Waals surface area contributed by atoms with Gasteiger partial charge in [-0.2, -0.15) is 0 Å². The Labute approximate surface area is 138 Å².